The lowest BCUT2D eigenvalue weighted by molar-refractivity contribution is -0.286. The van der Waals surface area contributed by atoms with Crippen LogP contribution >= 0.6 is 0 Å². The molecule has 176 valence electrons. The number of ether oxygens (including phenoxy) is 3. The number of aliphatic hydroxyl groups excluding tert-OH is 1. The Labute approximate surface area is 196 Å². The van der Waals surface area contributed by atoms with E-state index in [1.807, 2.05) is 50.2 Å². The molecule has 2 atom stereocenters. The van der Waals surface area contributed by atoms with E-state index in [9.17, 15) is 9.90 Å². The lowest BCUT2D eigenvalue weighted by Crippen LogP contribution is -2.67. The number of esters is 1. The van der Waals surface area contributed by atoms with Gasteiger partial charge in [-0.1, -0.05) is 81.4 Å². The van der Waals surface area contributed by atoms with Gasteiger partial charge in [0.1, 0.15) is 6.10 Å². The van der Waals surface area contributed by atoms with E-state index in [4.69, 9.17) is 18.6 Å². The molecule has 1 N–H and O–H groups in total. The summed E-state index contributed by atoms with van der Waals surface area (Å²) in [5.41, 5.74) is 0. The average molecular weight is 469 g/mol. The first-order chi connectivity index (χ1) is 15.6. The summed E-state index contributed by atoms with van der Waals surface area (Å²) in [6.45, 7) is 10.5. The minimum absolute atomic E-state index is 0.150. The zero-order chi connectivity index (χ0) is 23.9. The third kappa shape index (κ3) is 4.33. The van der Waals surface area contributed by atoms with Crippen LogP contribution in [0.2, 0.25) is 5.04 Å². The van der Waals surface area contributed by atoms with Gasteiger partial charge in [-0.3, -0.25) is 0 Å². The van der Waals surface area contributed by atoms with Crippen LogP contribution in [0.1, 0.15) is 41.0 Å². The summed E-state index contributed by atoms with van der Waals surface area (Å²) in [7, 11) is -3.06. The van der Waals surface area contributed by atoms with Crippen LogP contribution in [0.4, 0.5) is 0 Å². The van der Waals surface area contributed by atoms with Crippen molar-refractivity contribution in [3.8, 4) is 0 Å². The summed E-state index contributed by atoms with van der Waals surface area (Å²) >= 11 is 0. The third-order valence-electron chi connectivity index (χ3n) is 6.22. The molecule has 2 heterocycles. The highest BCUT2D eigenvalue weighted by atomic mass is 28.4. The predicted octanol–water partition coefficient (Wildman–Crippen LogP) is 3.80. The molecule has 1 saturated heterocycles. The van der Waals surface area contributed by atoms with Gasteiger partial charge in [-0.2, -0.15) is 0 Å². The van der Waals surface area contributed by atoms with Crippen LogP contribution in [0.25, 0.3) is 0 Å². The molecule has 1 fully saturated rings. The zero-order valence-electron chi connectivity index (χ0n) is 19.8. The molecule has 0 aromatic heterocycles. The van der Waals surface area contributed by atoms with E-state index in [-0.39, 0.29) is 10.8 Å². The van der Waals surface area contributed by atoms with Gasteiger partial charge in [0.2, 0.25) is 5.76 Å². The minimum atomic E-state index is -3.06. The van der Waals surface area contributed by atoms with Crippen LogP contribution in [0.3, 0.4) is 0 Å². The summed E-state index contributed by atoms with van der Waals surface area (Å²) < 4.78 is 24.3. The summed E-state index contributed by atoms with van der Waals surface area (Å²) in [6.07, 6.45) is -0.819. The molecule has 0 bridgehead atoms. The quantitative estimate of drug-likeness (QED) is 0.532. The van der Waals surface area contributed by atoms with Crippen molar-refractivity contribution in [1.82, 2.24) is 0 Å². The fourth-order valence-corrected chi connectivity index (χ4v) is 9.19. The van der Waals surface area contributed by atoms with Gasteiger partial charge in [0.05, 0.1) is 6.61 Å². The van der Waals surface area contributed by atoms with E-state index < -0.39 is 38.0 Å². The van der Waals surface area contributed by atoms with Crippen molar-refractivity contribution in [2.75, 3.05) is 6.61 Å². The van der Waals surface area contributed by atoms with Gasteiger partial charge in [-0.15, -0.1) is 0 Å². The van der Waals surface area contributed by atoms with Crippen molar-refractivity contribution in [2.24, 2.45) is 0 Å². The second kappa shape index (κ2) is 8.63. The SMILES string of the molecule is CC1(C)OCC[C@@H]([C@H]2OC(=O)C(O)=C2O[Si](c2ccccc2)(c2ccccc2)C(C)(C)C)O1. The topological polar surface area (TPSA) is 74.2 Å². The van der Waals surface area contributed by atoms with Gasteiger partial charge in [-0.25, -0.2) is 4.79 Å². The normalized spacial score (nSPS) is 23.4. The maximum Gasteiger partial charge on any atom is 0.377 e. The van der Waals surface area contributed by atoms with Gasteiger partial charge >= 0.3 is 14.3 Å². The van der Waals surface area contributed by atoms with E-state index in [1.54, 1.807) is 0 Å². The molecular formula is C26H32O6Si. The lowest BCUT2D eigenvalue weighted by atomic mass is 10.1. The van der Waals surface area contributed by atoms with Gasteiger partial charge in [-0.05, 0) is 29.3 Å². The highest BCUT2D eigenvalue weighted by Gasteiger charge is 2.56. The molecule has 2 aromatic rings. The number of aliphatic hydroxyl groups is 1. The molecule has 2 aliphatic rings. The Kier molecular flexibility index (Phi) is 6.16. The van der Waals surface area contributed by atoms with Crippen LogP contribution in [0.15, 0.2) is 72.2 Å². The molecular weight excluding hydrogens is 436 g/mol. The molecule has 2 aromatic carbocycles. The van der Waals surface area contributed by atoms with E-state index in [0.29, 0.717) is 13.0 Å². The largest absolute Gasteiger partial charge is 0.532 e. The zero-order valence-corrected chi connectivity index (χ0v) is 20.8. The molecule has 0 aliphatic carbocycles. The molecule has 0 saturated carbocycles. The molecule has 0 unspecified atom stereocenters. The summed E-state index contributed by atoms with van der Waals surface area (Å²) in [5, 5.41) is 12.6. The van der Waals surface area contributed by atoms with E-state index >= 15 is 0 Å². The van der Waals surface area contributed by atoms with Crippen molar-refractivity contribution < 1.29 is 28.5 Å². The first kappa shape index (κ1) is 23.5. The van der Waals surface area contributed by atoms with Crippen LogP contribution in [0.5, 0.6) is 0 Å². The highest BCUT2D eigenvalue weighted by Crippen LogP contribution is 2.41. The van der Waals surface area contributed by atoms with Gasteiger partial charge in [0.25, 0.3) is 0 Å². The molecule has 0 spiro atoms. The smallest absolute Gasteiger partial charge is 0.377 e. The predicted molar refractivity (Wildman–Crippen MR) is 128 cm³/mol. The molecule has 33 heavy (non-hydrogen) atoms. The van der Waals surface area contributed by atoms with Crippen LogP contribution < -0.4 is 10.4 Å². The Morgan fingerprint density at radius 3 is 2.03 bits per heavy atom. The number of benzene rings is 2. The van der Waals surface area contributed by atoms with Crippen molar-refractivity contribution in [2.45, 2.75) is 64.1 Å². The summed E-state index contributed by atoms with van der Waals surface area (Å²) in [4.78, 5) is 12.5. The van der Waals surface area contributed by atoms with E-state index in [0.717, 1.165) is 10.4 Å². The fourth-order valence-electron chi connectivity index (χ4n) is 4.72. The van der Waals surface area contributed by atoms with Crippen LogP contribution in [-0.4, -0.2) is 44.0 Å². The molecule has 7 heteroatoms. The Morgan fingerprint density at radius 2 is 1.55 bits per heavy atom. The second-order valence-corrected chi connectivity index (χ2v) is 14.2. The number of hydrogen-bond acceptors (Lipinski definition) is 6. The number of rotatable bonds is 5. The van der Waals surface area contributed by atoms with Crippen molar-refractivity contribution in [3.63, 3.8) is 0 Å². The van der Waals surface area contributed by atoms with E-state index in [2.05, 4.69) is 45.0 Å². The highest BCUT2D eigenvalue weighted by molar-refractivity contribution is 6.99. The maximum atomic E-state index is 12.5. The monoisotopic (exact) mass is 468 g/mol. The Bertz CT molecular complexity index is 986. The first-order valence-electron chi connectivity index (χ1n) is 11.3. The van der Waals surface area contributed by atoms with Crippen molar-refractivity contribution in [1.29, 1.82) is 0 Å². The number of cyclic esters (lactones) is 1. The summed E-state index contributed by atoms with van der Waals surface area (Å²) in [5.74, 6) is -1.95. The van der Waals surface area contributed by atoms with E-state index in [1.165, 1.54) is 0 Å². The van der Waals surface area contributed by atoms with Gasteiger partial charge in [0.15, 0.2) is 17.7 Å². The molecule has 0 radical (unpaired) electrons. The number of carbonyl (C=O) groups excluding carboxylic acids is 1. The Hall–Kier alpha value is -2.61. The molecule has 4 rings (SSSR count). The molecule has 6 nitrogen and oxygen atoms in total. The van der Waals surface area contributed by atoms with Crippen molar-refractivity contribution >= 4 is 24.7 Å². The standard InChI is InChI=1S/C26H32O6Si/c1-25(2,3)33(18-12-8-6-9-13-18,19-14-10-7-11-15-19)32-23-21(27)24(28)30-22(23)20-16-17-29-26(4,5)31-20/h6-15,20,22,27H,16-17H2,1-5H3/t20-,22+/m0/s1. The first-order valence-corrected chi connectivity index (χ1v) is 13.2. The van der Waals surface area contributed by atoms with Gasteiger partial charge in [0, 0.05) is 6.42 Å². The number of carbonyl (C=O) groups is 1. The Morgan fingerprint density at radius 1 is 1.00 bits per heavy atom. The Balaban J connectivity index is 1.85. The minimum Gasteiger partial charge on any atom is -0.532 e. The third-order valence-corrected chi connectivity index (χ3v) is 11.2. The fraction of sp³-hybridized carbons (Fsp3) is 0.423. The molecule has 2 aliphatic heterocycles. The number of hydrogen-bond donors (Lipinski definition) is 1. The average Bonchev–Trinajstić information content (AvgIpc) is 3.05. The second-order valence-electron chi connectivity index (χ2n) is 10.00. The maximum absolute atomic E-state index is 12.5. The lowest BCUT2D eigenvalue weighted by Gasteiger charge is -2.44. The van der Waals surface area contributed by atoms with Gasteiger partial charge < -0.3 is 23.7 Å². The molecule has 0 amide bonds. The van der Waals surface area contributed by atoms with Crippen molar-refractivity contribution in [3.05, 3.63) is 72.2 Å². The van der Waals surface area contributed by atoms with Crippen LogP contribution in [0, 0.1) is 0 Å². The summed E-state index contributed by atoms with van der Waals surface area (Å²) in [6, 6.07) is 20.1. The van der Waals surface area contributed by atoms with Crippen LogP contribution in [-0.2, 0) is 23.4 Å².